The van der Waals surface area contributed by atoms with Gasteiger partial charge in [-0.2, -0.15) is 0 Å². The molecule has 0 bridgehead atoms. The predicted molar refractivity (Wildman–Crippen MR) is 60.9 cm³/mol. The number of fused-ring (bicyclic) bond motifs is 1. The Bertz CT molecular complexity index is 716. The summed E-state index contributed by atoms with van der Waals surface area (Å²) in [5.41, 5.74) is 4.47. The molecule has 2 aromatic rings. The number of hydrogen-bond donors (Lipinski definition) is 1. The molecule has 1 heterocycles. The van der Waals surface area contributed by atoms with E-state index >= 15 is 0 Å². The molecule has 2 N–H and O–H groups in total. The number of carbonyl (C=O) groups excluding carboxylic acids is 1. The summed E-state index contributed by atoms with van der Waals surface area (Å²) in [5, 5.41) is 0.451. The molecule has 7 heteroatoms. The second-order valence-corrected chi connectivity index (χ2v) is 3.81. The number of benzene rings is 1. The Morgan fingerprint density at radius 3 is 2.76 bits per heavy atom. The molecule has 17 heavy (non-hydrogen) atoms. The van der Waals surface area contributed by atoms with Crippen LogP contribution in [0.25, 0.3) is 10.9 Å². The summed E-state index contributed by atoms with van der Waals surface area (Å²) < 4.78 is 5.44. The van der Waals surface area contributed by atoms with Crippen LogP contribution in [0.15, 0.2) is 32.2 Å². The summed E-state index contributed by atoms with van der Waals surface area (Å²) in [6.07, 6.45) is 0. The molecular formula is C10H7ClN2O4. The molecule has 0 aliphatic heterocycles. The van der Waals surface area contributed by atoms with E-state index in [9.17, 15) is 14.4 Å². The van der Waals surface area contributed by atoms with Crippen LogP contribution < -0.4 is 17.1 Å². The number of amides is 1. The molecule has 88 valence electrons. The highest BCUT2D eigenvalue weighted by molar-refractivity contribution is 6.31. The number of halogens is 1. The fourth-order valence-corrected chi connectivity index (χ4v) is 1.67. The second-order valence-electron chi connectivity index (χ2n) is 3.37. The summed E-state index contributed by atoms with van der Waals surface area (Å²) in [7, 11) is 0. The molecule has 1 aromatic heterocycles. The molecule has 1 aromatic carbocycles. The van der Waals surface area contributed by atoms with Crippen molar-refractivity contribution < 1.29 is 9.21 Å². The van der Waals surface area contributed by atoms with Crippen LogP contribution in [0.3, 0.4) is 0 Å². The van der Waals surface area contributed by atoms with Gasteiger partial charge in [-0.3, -0.25) is 9.36 Å². The maximum absolute atomic E-state index is 11.4. The van der Waals surface area contributed by atoms with Crippen molar-refractivity contribution >= 4 is 28.4 Å². The van der Waals surface area contributed by atoms with Crippen molar-refractivity contribution in [2.75, 3.05) is 0 Å². The molecule has 0 fully saturated rings. The Balaban J connectivity index is 2.88. The van der Waals surface area contributed by atoms with Gasteiger partial charge in [0, 0.05) is 5.02 Å². The van der Waals surface area contributed by atoms with Gasteiger partial charge in [0.15, 0.2) is 0 Å². The molecule has 0 unspecified atom stereocenters. The number of aromatic nitrogens is 1. The number of nitrogens with two attached hydrogens (primary N) is 1. The van der Waals surface area contributed by atoms with Crippen molar-refractivity contribution in [2.45, 2.75) is 6.54 Å². The van der Waals surface area contributed by atoms with Crippen molar-refractivity contribution in [3.05, 3.63) is 44.2 Å². The Labute approximate surface area is 99.2 Å². The summed E-state index contributed by atoms with van der Waals surface area (Å²) in [6, 6.07) is 4.32. The van der Waals surface area contributed by atoms with Crippen molar-refractivity contribution in [3.8, 4) is 0 Å². The first kappa shape index (κ1) is 11.4. The van der Waals surface area contributed by atoms with Crippen LogP contribution in [-0.4, -0.2) is 10.5 Å². The number of carbonyl (C=O) groups is 1. The molecule has 0 aliphatic rings. The molecule has 2 rings (SSSR count). The highest BCUT2D eigenvalue weighted by atomic mass is 35.5. The zero-order valence-corrected chi connectivity index (χ0v) is 9.23. The number of nitrogens with zero attached hydrogens (tertiary/aromatic N) is 1. The third-order valence-corrected chi connectivity index (χ3v) is 2.42. The molecule has 6 nitrogen and oxygen atoms in total. The van der Waals surface area contributed by atoms with E-state index in [0.29, 0.717) is 5.02 Å². The van der Waals surface area contributed by atoms with Crippen molar-refractivity contribution in [2.24, 2.45) is 5.73 Å². The van der Waals surface area contributed by atoms with Crippen LogP contribution in [-0.2, 0) is 11.3 Å². The lowest BCUT2D eigenvalue weighted by atomic mass is 10.2. The van der Waals surface area contributed by atoms with Gasteiger partial charge >= 0.3 is 11.4 Å². The molecule has 0 spiro atoms. The van der Waals surface area contributed by atoms with E-state index in [4.69, 9.17) is 17.3 Å². The van der Waals surface area contributed by atoms with Crippen LogP contribution in [0.4, 0.5) is 0 Å². The monoisotopic (exact) mass is 254 g/mol. The first-order chi connectivity index (χ1) is 7.99. The van der Waals surface area contributed by atoms with E-state index in [-0.39, 0.29) is 17.4 Å². The van der Waals surface area contributed by atoms with E-state index in [0.717, 1.165) is 4.57 Å². The predicted octanol–water partition coefficient (Wildman–Crippen LogP) is 0.0934. The Kier molecular flexibility index (Phi) is 2.72. The minimum atomic E-state index is -0.927. The van der Waals surface area contributed by atoms with Crippen molar-refractivity contribution in [1.29, 1.82) is 0 Å². The highest BCUT2D eigenvalue weighted by Gasteiger charge is 2.11. The zero-order chi connectivity index (χ0) is 12.6. The molecule has 1 amide bonds. The lowest BCUT2D eigenvalue weighted by Crippen LogP contribution is -2.30. The normalized spacial score (nSPS) is 10.6. The van der Waals surface area contributed by atoms with Crippen LogP contribution >= 0.6 is 11.6 Å². The van der Waals surface area contributed by atoms with E-state index < -0.39 is 17.3 Å². The van der Waals surface area contributed by atoms with E-state index in [1.165, 1.54) is 18.2 Å². The zero-order valence-electron chi connectivity index (χ0n) is 8.47. The lowest BCUT2D eigenvalue weighted by molar-refractivity contribution is -0.118. The molecule has 0 atom stereocenters. The number of rotatable bonds is 2. The van der Waals surface area contributed by atoms with E-state index in [1.54, 1.807) is 0 Å². The van der Waals surface area contributed by atoms with E-state index in [2.05, 4.69) is 4.42 Å². The minimum Gasteiger partial charge on any atom is -0.372 e. The van der Waals surface area contributed by atoms with Gasteiger partial charge in [-0.25, -0.2) is 9.59 Å². The van der Waals surface area contributed by atoms with Crippen LogP contribution in [0, 0.1) is 0 Å². The summed E-state index contributed by atoms with van der Waals surface area (Å²) in [6.45, 7) is -0.360. The number of hydrogen-bond acceptors (Lipinski definition) is 4. The lowest BCUT2D eigenvalue weighted by Gasteiger charge is -2.05. The van der Waals surface area contributed by atoms with Crippen molar-refractivity contribution in [3.63, 3.8) is 0 Å². The molecular weight excluding hydrogens is 248 g/mol. The first-order valence-electron chi connectivity index (χ1n) is 4.60. The van der Waals surface area contributed by atoms with Crippen LogP contribution in [0.5, 0.6) is 0 Å². The van der Waals surface area contributed by atoms with Crippen LogP contribution in [0.2, 0.25) is 5.02 Å². The largest absolute Gasteiger partial charge is 0.422 e. The van der Waals surface area contributed by atoms with Crippen LogP contribution in [0.1, 0.15) is 0 Å². The Morgan fingerprint density at radius 2 is 2.12 bits per heavy atom. The van der Waals surface area contributed by atoms with Gasteiger partial charge in [-0.05, 0) is 18.2 Å². The highest BCUT2D eigenvalue weighted by Crippen LogP contribution is 2.15. The van der Waals surface area contributed by atoms with Gasteiger partial charge in [0.05, 0.1) is 10.9 Å². The first-order valence-corrected chi connectivity index (χ1v) is 4.98. The van der Waals surface area contributed by atoms with Crippen molar-refractivity contribution in [1.82, 2.24) is 4.57 Å². The Hall–Kier alpha value is -2.08. The van der Waals surface area contributed by atoms with Gasteiger partial charge in [0.1, 0.15) is 6.54 Å². The average Bonchev–Trinajstić information content (AvgIpc) is 2.24. The third-order valence-electron chi connectivity index (χ3n) is 2.18. The maximum atomic E-state index is 11.4. The van der Waals surface area contributed by atoms with Gasteiger partial charge < -0.3 is 10.2 Å². The van der Waals surface area contributed by atoms with Gasteiger partial charge in [-0.15, -0.1) is 0 Å². The average molecular weight is 255 g/mol. The SMILES string of the molecule is NC(=O)Cn1c(=O)oc(=O)c2cc(Cl)ccc21. The molecule has 0 saturated heterocycles. The fraction of sp³-hybridized carbons (Fsp3) is 0.100. The molecule has 0 aliphatic carbocycles. The molecule has 0 radical (unpaired) electrons. The topological polar surface area (TPSA) is 95.3 Å². The van der Waals surface area contributed by atoms with Gasteiger partial charge in [-0.1, -0.05) is 11.6 Å². The minimum absolute atomic E-state index is 0.123. The number of primary amides is 1. The fourth-order valence-electron chi connectivity index (χ4n) is 1.50. The van der Waals surface area contributed by atoms with Gasteiger partial charge in [0.25, 0.3) is 0 Å². The summed E-state index contributed by atoms with van der Waals surface area (Å²) in [5.74, 6) is -1.64. The molecule has 0 saturated carbocycles. The standard InChI is InChI=1S/C10H7ClN2O4/c11-5-1-2-7-6(3-5)9(15)17-10(16)13(7)4-8(12)14/h1-3H,4H2,(H2,12,14). The summed E-state index contributed by atoms with van der Waals surface area (Å²) in [4.78, 5) is 33.7. The van der Waals surface area contributed by atoms with E-state index in [1.807, 2.05) is 0 Å². The quantitative estimate of drug-likeness (QED) is 0.822. The Morgan fingerprint density at radius 1 is 1.41 bits per heavy atom. The smallest absolute Gasteiger partial charge is 0.372 e. The second kappa shape index (κ2) is 4.06. The summed E-state index contributed by atoms with van der Waals surface area (Å²) >= 11 is 5.73. The third kappa shape index (κ3) is 2.07. The van der Waals surface area contributed by atoms with Gasteiger partial charge in [0.2, 0.25) is 5.91 Å². The maximum Gasteiger partial charge on any atom is 0.422 e.